The van der Waals surface area contributed by atoms with Crippen molar-refractivity contribution in [3.05, 3.63) is 12.2 Å². The first-order valence-electron chi connectivity index (χ1n) is 11.1. The number of fused-ring (bicyclic) bond motifs is 5. The molecule has 0 N–H and O–H groups in total. The number of hydrogen-bond acceptors (Lipinski definition) is 9. The zero-order chi connectivity index (χ0) is 26.3. The number of esters is 3. The smallest absolute Gasteiger partial charge is 0.322 e. The molecule has 0 radical (unpaired) electrons. The Morgan fingerprint density at radius 1 is 0.829 bits per heavy atom. The van der Waals surface area contributed by atoms with Crippen molar-refractivity contribution in [2.75, 3.05) is 26.4 Å². The van der Waals surface area contributed by atoms with Gasteiger partial charge in [-0.1, -0.05) is 44.0 Å². The summed E-state index contributed by atoms with van der Waals surface area (Å²) in [6.07, 6.45) is 2.77. The van der Waals surface area contributed by atoms with E-state index in [9.17, 15) is 24.0 Å². The van der Waals surface area contributed by atoms with E-state index in [2.05, 4.69) is 31.9 Å². The summed E-state index contributed by atoms with van der Waals surface area (Å²) < 4.78 is 19.5. The number of carbonyl (C=O) groups is 5. The highest BCUT2D eigenvalue weighted by atomic mass is 79.9. The minimum absolute atomic E-state index is 0.117. The molecule has 3 heterocycles. The molecule has 3 rings (SSSR count). The number of nitrogens with zero attached hydrogens (tertiary/aromatic N) is 1. The molecule has 0 aromatic rings. The molecule has 2 bridgehead atoms. The third-order valence-corrected chi connectivity index (χ3v) is 6.70. The maximum Gasteiger partial charge on any atom is 0.322 e. The van der Waals surface area contributed by atoms with Crippen LogP contribution in [-0.2, 0) is 42.9 Å². The van der Waals surface area contributed by atoms with Crippen LogP contribution in [0.25, 0.3) is 0 Å². The topological polar surface area (TPSA) is 126 Å². The van der Waals surface area contributed by atoms with E-state index in [0.29, 0.717) is 0 Å². The zero-order valence-electron chi connectivity index (χ0n) is 20.2. The molecule has 12 heteroatoms. The Labute approximate surface area is 220 Å². The maximum atomic E-state index is 13.0. The summed E-state index contributed by atoms with van der Waals surface area (Å²) in [4.78, 5) is 64.0. The highest BCUT2D eigenvalue weighted by Crippen LogP contribution is 2.44. The van der Waals surface area contributed by atoms with E-state index >= 15 is 0 Å². The summed E-state index contributed by atoms with van der Waals surface area (Å²) in [6.45, 7) is 6.60. The lowest BCUT2D eigenvalue weighted by molar-refractivity contribution is -0.172. The molecule has 0 spiro atoms. The molecule has 4 atom stereocenters. The first kappa shape index (κ1) is 27.8. The molecule has 3 aliphatic rings. The summed E-state index contributed by atoms with van der Waals surface area (Å²) in [7, 11) is 0. The molecular formula is C23H29Br2NO9. The van der Waals surface area contributed by atoms with Crippen molar-refractivity contribution in [2.24, 2.45) is 17.3 Å². The standard InChI is InChI=1S/C23H29Br2NO9/c1-21(2,24)18(29)33-10-23(5,11-34-19(30)22(3,4)25)20(31)32-9-8-26-16(27)14-12-6-7-13(35-12)15(14)17(26)28/h6-7,12-15H,8-11H2,1-5H3/t12-,13?,14+,15-/m1/s1. The average Bonchev–Trinajstić information content (AvgIpc) is 3.44. The molecule has 194 valence electrons. The Morgan fingerprint density at radius 2 is 1.26 bits per heavy atom. The quantitative estimate of drug-likeness (QED) is 0.118. The van der Waals surface area contributed by atoms with Gasteiger partial charge in [-0.15, -0.1) is 0 Å². The van der Waals surface area contributed by atoms with Gasteiger partial charge in [0.05, 0.1) is 30.6 Å². The molecule has 0 aromatic heterocycles. The molecular weight excluding hydrogens is 594 g/mol. The number of halogens is 2. The number of hydrogen-bond donors (Lipinski definition) is 0. The van der Waals surface area contributed by atoms with Gasteiger partial charge in [-0.3, -0.25) is 28.9 Å². The molecule has 35 heavy (non-hydrogen) atoms. The summed E-state index contributed by atoms with van der Waals surface area (Å²) in [6, 6.07) is 0. The van der Waals surface area contributed by atoms with Crippen molar-refractivity contribution in [3.8, 4) is 0 Å². The number of amides is 2. The van der Waals surface area contributed by atoms with E-state index in [1.807, 2.05) is 0 Å². The number of alkyl halides is 2. The third-order valence-electron chi connectivity index (χ3n) is 6.06. The van der Waals surface area contributed by atoms with Crippen molar-refractivity contribution >= 4 is 61.6 Å². The van der Waals surface area contributed by atoms with Crippen LogP contribution in [0.2, 0.25) is 0 Å². The van der Waals surface area contributed by atoms with Crippen molar-refractivity contribution in [1.29, 1.82) is 0 Å². The summed E-state index contributed by atoms with van der Waals surface area (Å²) in [5, 5.41) is 0. The van der Waals surface area contributed by atoms with Gasteiger partial charge in [-0.25, -0.2) is 0 Å². The van der Waals surface area contributed by atoms with Crippen LogP contribution in [0.3, 0.4) is 0 Å². The van der Waals surface area contributed by atoms with Crippen LogP contribution in [0.5, 0.6) is 0 Å². The Hall–Kier alpha value is -1.79. The summed E-state index contributed by atoms with van der Waals surface area (Å²) >= 11 is 6.39. The van der Waals surface area contributed by atoms with E-state index in [1.54, 1.807) is 39.8 Å². The van der Waals surface area contributed by atoms with Gasteiger partial charge in [-0.2, -0.15) is 0 Å². The fourth-order valence-electron chi connectivity index (χ4n) is 3.94. The van der Waals surface area contributed by atoms with Gasteiger partial charge in [-0.05, 0) is 34.6 Å². The van der Waals surface area contributed by atoms with Crippen LogP contribution < -0.4 is 0 Å². The number of imide groups is 1. The van der Waals surface area contributed by atoms with Gasteiger partial charge in [0.1, 0.15) is 33.9 Å². The third kappa shape index (κ3) is 5.80. The van der Waals surface area contributed by atoms with Crippen molar-refractivity contribution in [2.45, 2.75) is 55.5 Å². The lowest BCUT2D eigenvalue weighted by atomic mass is 9.85. The van der Waals surface area contributed by atoms with Crippen LogP contribution >= 0.6 is 31.9 Å². The highest BCUT2D eigenvalue weighted by Gasteiger charge is 2.60. The number of ether oxygens (including phenoxy) is 4. The average molecular weight is 623 g/mol. The van der Waals surface area contributed by atoms with E-state index in [-0.39, 0.29) is 25.0 Å². The lowest BCUT2D eigenvalue weighted by Crippen LogP contribution is -2.44. The molecule has 0 aromatic carbocycles. The first-order chi connectivity index (χ1) is 16.1. The molecule has 10 nitrogen and oxygen atoms in total. The summed E-state index contributed by atoms with van der Waals surface area (Å²) in [5.41, 5.74) is -1.52. The lowest BCUT2D eigenvalue weighted by Gasteiger charge is -2.29. The van der Waals surface area contributed by atoms with Crippen molar-refractivity contribution < 1.29 is 42.9 Å². The van der Waals surface area contributed by atoms with Crippen LogP contribution in [0.15, 0.2) is 12.2 Å². The van der Waals surface area contributed by atoms with Crippen LogP contribution in [-0.4, -0.2) is 81.8 Å². The fourth-order valence-corrected chi connectivity index (χ4v) is 4.17. The largest absolute Gasteiger partial charge is 0.463 e. The van der Waals surface area contributed by atoms with E-state index in [4.69, 9.17) is 18.9 Å². The second-order valence-corrected chi connectivity index (χ2v) is 14.1. The van der Waals surface area contributed by atoms with Crippen LogP contribution in [0.4, 0.5) is 0 Å². The molecule has 2 amide bonds. The Morgan fingerprint density at radius 3 is 1.66 bits per heavy atom. The molecule has 0 saturated carbocycles. The van der Waals surface area contributed by atoms with Gasteiger partial charge in [0, 0.05) is 0 Å². The molecule has 3 aliphatic heterocycles. The Kier molecular flexibility index (Phi) is 7.88. The SMILES string of the molecule is CC(C)(Br)C(=O)OCC(C)(COC(=O)C(C)(C)Br)C(=O)OCCN1C(=O)[C@@H]2[C@H](C1=O)C1C=C[C@H]2O1. The van der Waals surface area contributed by atoms with E-state index in [0.717, 1.165) is 4.90 Å². The van der Waals surface area contributed by atoms with Gasteiger partial charge >= 0.3 is 17.9 Å². The van der Waals surface area contributed by atoms with Gasteiger partial charge in [0.2, 0.25) is 11.8 Å². The Balaban J connectivity index is 1.61. The number of carbonyl (C=O) groups excluding carboxylic acids is 5. The second-order valence-electron chi connectivity index (χ2n) is 10.1. The highest BCUT2D eigenvalue weighted by molar-refractivity contribution is 9.10. The predicted octanol–water partition coefficient (Wildman–Crippen LogP) is 1.91. The summed E-state index contributed by atoms with van der Waals surface area (Å²) in [5.74, 6) is -3.82. The molecule has 1 unspecified atom stereocenters. The number of likely N-dealkylation sites (tertiary alicyclic amines) is 1. The van der Waals surface area contributed by atoms with Gasteiger partial charge < -0.3 is 18.9 Å². The van der Waals surface area contributed by atoms with Crippen LogP contribution in [0.1, 0.15) is 34.6 Å². The molecule has 2 fully saturated rings. The number of rotatable bonds is 10. The van der Waals surface area contributed by atoms with Crippen LogP contribution in [0, 0.1) is 17.3 Å². The Bertz CT molecular complexity index is 890. The van der Waals surface area contributed by atoms with Crippen molar-refractivity contribution in [3.63, 3.8) is 0 Å². The normalized spacial score (nSPS) is 25.6. The zero-order valence-corrected chi connectivity index (χ0v) is 23.3. The monoisotopic (exact) mass is 621 g/mol. The maximum absolute atomic E-state index is 13.0. The van der Waals surface area contributed by atoms with E-state index in [1.165, 1.54) is 6.92 Å². The van der Waals surface area contributed by atoms with E-state index < -0.39 is 69.2 Å². The van der Waals surface area contributed by atoms with Crippen molar-refractivity contribution in [1.82, 2.24) is 4.90 Å². The first-order valence-corrected chi connectivity index (χ1v) is 12.7. The van der Waals surface area contributed by atoms with Gasteiger partial charge in [0.25, 0.3) is 0 Å². The minimum Gasteiger partial charge on any atom is -0.463 e. The van der Waals surface area contributed by atoms with Gasteiger partial charge in [0.15, 0.2) is 0 Å². The minimum atomic E-state index is -1.52. The molecule has 0 aliphatic carbocycles. The second kappa shape index (κ2) is 9.93. The fraction of sp³-hybridized carbons (Fsp3) is 0.696. The predicted molar refractivity (Wildman–Crippen MR) is 128 cm³/mol. The molecule has 2 saturated heterocycles.